The van der Waals surface area contributed by atoms with Crippen molar-refractivity contribution >= 4 is 16.9 Å². The van der Waals surface area contributed by atoms with E-state index in [9.17, 15) is 14.7 Å². The molecular formula is C27H36N6O4. The van der Waals surface area contributed by atoms with Crippen molar-refractivity contribution in [2.45, 2.75) is 52.7 Å². The summed E-state index contributed by atoms with van der Waals surface area (Å²) >= 11 is 0. The van der Waals surface area contributed by atoms with Crippen LogP contribution in [0.4, 0.5) is 5.69 Å². The third kappa shape index (κ3) is 5.86. The number of aromatic nitrogens is 4. The van der Waals surface area contributed by atoms with Crippen molar-refractivity contribution in [2.24, 2.45) is 0 Å². The summed E-state index contributed by atoms with van der Waals surface area (Å²) in [5.74, 6) is 1.39. The lowest BCUT2D eigenvalue weighted by Crippen LogP contribution is -2.41. The highest BCUT2D eigenvalue weighted by Gasteiger charge is 2.22. The summed E-state index contributed by atoms with van der Waals surface area (Å²) in [6, 6.07) is 11.3. The van der Waals surface area contributed by atoms with E-state index >= 15 is 0 Å². The van der Waals surface area contributed by atoms with Gasteiger partial charge in [0.2, 0.25) is 0 Å². The van der Waals surface area contributed by atoms with Crippen molar-refractivity contribution in [3.63, 3.8) is 0 Å². The molecule has 0 aliphatic rings. The molecule has 0 aliphatic heterocycles. The largest absolute Gasteiger partial charge is 0.469 e. The molecule has 0 radical (unpaired) electrons. The van der Waals surface area contributed by atoms with Crippen LogP contribution in [0, 0.1) is 0 Å². The first-order valence-electron chi connectivity index (χ1n) is 12.9. The number of nitrogens with two attached hydrogens (primary N) is 1. The van der Waals surface area contributed by atoms with Crippen LogP contribution in [0.5, 0.6) is 0 Å². The molecule has 0 atom stereocenters. The highest BCUT2D eigenvalue weighted by molar-refractivity contribution is 5.71. The predicted octanol–water partition coefficient (Wildman–Crippen LogP) is 2.09. The van der Waals surface area contributed by atoms with E-state index in [2.05, 4.69) is 4.90 Å². The van der Waals surface area contributed by atoms with E-state index in [0.29, 0.717) is 74.7 Å². The molecule has 0 saturated heterocycles. The molecule has 3 aromatic heterocycles. The first-order valence-corrected chi connectivity index (χ1v) is 12.9. The minimum atomic E-state index is -0.348. The van der Waals surface area contributed by atoms with Crippen molar-refractivity contribution in [3.8, 4) is 0 Å². The van der Waals surface area contributed by atoms with Crippen molar-refractivity contribution in [2.75, 3.05) is 32.0 Å². The first-order chi connectivity index (χ1) is 18.0. The number of benzene rings is 1. The van der Waals surface area contributed by atoms with Crippen molar-refractivity contribution in [1.29, 1.82) is 0 Å². The second kappa shape index (κ2) is 12.1. The number of hydrogen-bond acceptors (Lipinski definition) is 7. The summed E-state index contributed by atoms with van der Waals surface area (Å²) in [6.45, 7) is 7.20. The van der Waals surface area contributed by atoms with Crippen LogP contribution < -0.4 is 17.0 Å². The lowest BCUT2D eigenvalue weighted by atomic mass is 10.1. The number of hydrogen-bond donors (Lipinski definition) is 2. The fraction of sp³-hybridized carbons (Fsp3) is 0.444. The van der Waals surface area contributed by atoms with Crippen molar-refractivity contribution in [3.05, 3.63) is 80.6 Å². The van der Waals surface area contributed by atoms with Crippen LogP contribution in [0.3, 0.4) is 0 Å². The number of aryl methyl sites for hydroxylation is 2. The molecule has 4 aromatic rings. The van der Waals surface area contributed by atoms with E-state index in [-0.39, 0.29) is 17.9 Å². The zero-order chi connectivity index (χ0) is 26.4. The molecule has 0 fully saturated rings. The summed E-state index contributed by atoms with van der Waals surface area (Å²) in [5.41, 5.74) is 7.69. The Balaban J connectivity index is 1.84. The summed E-state index contributed by atoms with van der Waals surface area (Å²) in [4.78, 5) is 34.2. The van der Waals surface area contributed by atoms with E-state index in [1.807, 2.05) is 54.8 Å². The van der Waals surface area contributed by atoms with Gasteiger partial charge in [0.25, 0.3) is 5.56 Å². The Hall–Kier alpha value is -3.63. The molecular weight excluding hydrogens is 472 g/mol. The molecule has 0 spiro atoms. The Bertz CT molecular complexity index is 1420. The van der Waals surface area contributed by atoms with Crippen LogP contribution in [-0.4, -0.2) is 54.9 Å². The number of likely N-dealkylation sites (N-methyl/N-ethyl adjacent to an activating group) is 1. The van der Waals surface area contributed by atoms with Gasteiger partial charge in [-0.3, -0.25) is 18.8 Å². The molecule has 1 aromatic carbocycles. The highest BCUT2D eigenvalue weighted by atomic mass is 16.3. The number of nitrogens with zero attached hydrogens (tertiary/aromatic N) is 5. The Morgan fingerprint density at radius 3 is 2.43 bits per heavy atom. The molecule has 4 rings (SSSR count). The third-order valence-corrected chi connectivity index (χ3v) is 6.66. The molecule has 0 amide bonds. The second-order valence-corrected chi connectivity index (χ2v) is 9.15. The average molecular weight is 509 g/mol. The van der Waals surface area contributed by atoms with Gasteiger partial charge in [-0.15, -0.1) is 0 Å². The lowest BCUT2D eigenvalue weighted by molar-refractivity contribution is 0.197. The van der Waals surface area contributed by atoms with Crippen molar-refractivity contribution in [1.82, 2.24) is 23.6 Å². The first kappa shape index (κ1) is 26.4. The number of nitrogen functional groups attached to an aromatic ring is 1. The fourth-order valence-electron chi connectivity index (χ4n) is 4.64. The van der Waals surface area contributed by atoms with Gasteiger partial charge < -0.3 is 19.8 Å². The van der Waals surface area contributed by atoms with Gasteiger partial charge in [-0.05, 0) is 49.2 Å². The minimum absolute atomic E-state index is 0.0613. The average Bonchev–Trinajstić information content (AvgIpc) is 3.53. The number of imidazole rings is 1. The smallest absolute Gasteiger partial charge is 0.332 e. The number of fused-ring (bicyclic) bond motifs is 1. The van der Waals surface area contributed by atoms with Crippen LogP contribution in [0.15, 0.2) is 56.7 Å². The Morgan fingerprint density at radius 1 is 1.00 bits per heavy atom. The predicted molar refractivity (Wildman–Crippen MR) is 144 cm³/mol. The molecule has 0 saturated carbocycles. The Labute approximate surface area is 215 Å². The van der Waals surface area contributed by atoms with Crippen LogP contribution in [0.1, 0.15) is 37.4 Å². The zero-order valence-electron chi connectivity index (χ0n) is 21.6. The normalized spacial score (nSPS) is 11.7. The summed E-state index contributed by atoms with van der Waals surface area (Å²) in [5, 5.41) is 9.43. The van der Waals surface area contributed by atoms with E-state index in [1.165, 1.54) is 4.57 Å². The summed E-state index contributed by atoms with van der Waals surface area (Å²) < 4.78 is 10.4. The van der Waals surface area contributed by atoms with E-state index < -0.39 is 0 Å². The van der Waals surface area contributed by atoms with Gasteiger partial charge in [0.1, 0.15) is 11.6 Å². The standard InChI is InChI=1S/C27H36N6O4/c1-3-12-33-26(35)24-25(32(27(33)36)13-11-20-7-9-21(28)10-8-20)29-23(19-22-6-5-18-37-22)31(24)15-14-30(4-2)16-17-34/h5-10,18,34H,3-4,11-17,19,28H2,1-2H3. The third-order valence-electron chi connectivity index (χ3n) is 6.66. The van der Waals surface area contributed by atoms with Gasteiger partial charge in [-0.25, -0.2) is 9.78 Å². The van der Waals surface area contributed by atoms with Gasteiger partial charge in [0, 0.05) is 38.4 Å². The van der Waals surface area contributed by atoms with E-state index in [0.717, 1.165) is 17.9 Å². The van der Waals surface area contributed by atoms with Crippen molar-refractivity contribution < 1.29 is 9.52 Å². The number of aliphatic hydroxyl groups is 1. The van der Waals surface area contributed by atoms with Gasteiger partial charge in [-0.1, -0.05) is 26.0 Å². The number of anilines is 1. The SMILES string of the molecule is CCCn1c(=O)c2c(nc(Cc3ccco3)n2CCN(CC)CCO)n(CCc2ccc(N)cc2)c1=O. The molecule has 10 nitrogen and oxygen atoms in total. The van der Waals surface area contributed by atoms with E-state index in [4.69, 9.17) is 15.1 Å². The van der Waals surface area contributed by atoms with Crippen LogP contribution >= 0.6 is 0 Å². The number of rotatable bonds is 13. The molecule has 3 N–H and O–H groups in total. The Kier molecular flexibility index (Phi) is 8.62. The van der Waals surface area contributed by atoms with E-state index in [1.54, 1.807) is 10.8 Å². The number of furan rings is 1. The minimum Gasteiger partial charge on any atom is -0.469 e. The number of aliphatic hydroxyl groups excluding tert-OH is 1. The summed E-state index contributed by atoms with van der Waals surface area (Å²) in [7, 11) is 0. The highest BCUT2D eigenvalue weighted by Crippen LogP contribution is 2.17. The topological polar surface area (TPSA) is 124 Å². The van der Waals surface area contributed by atoms with Gasteiger partial charge >= 0.3 is 5.69 Å². The van der Waals surface area contributed by atoms with Gasteiger partial charge in [-0.2, -0.15) is 0 Å². The van der Waals surface area contributed by atoms with Gasteiger partial charge in [0.15, 0.2) is 11.2 Å². The fourth-order valence-corrected chi connectivity index (χ4v) is 4.64. The quantitative estimate of drug-likeness (QED) is 0.265. The molecule has 0 bridgehead atoms. The molecule has 3 heterocycles. The second-order valence-electron chi connectivity index (χ2n) is 9.15. The van der Waals surface area contributed by atoms with Crippen LogP contribution in [0.2, 0.25) is 0 Å². The molecule has 198 valence electrons. The Morgan fingerprint density at radius 2 is 1.78 bits per heavy atom. The lowest BCUT2D eigenvalue weighted by Gasteiger charge is -2.20. The monoisotopic (exact) mass is 508 g/mol. The molecule has 0 aliphatic carbocycles. The molecule has 0 unspecified atom stereocenters. The summed E-state index contributed by atoms with van der Waals surface area (Å²) in [6.07, 6.45) is 3.26. The molecule has 10 heteroatoms. The van der Waals surface area contributed by atoms with Crippen LogP contribution in [-0.2, 0) is 32.5 Å². The maximum atomic E-state index is 13.7. The van der Waals surface area contributed by atoms with Crippen LogP contribution in [0.25, 0.3) is 11.2 Å². The molecule has 37 heavy (non-hydrogen) atoms. The zero-order valence-corrected chi connectivity index (χ0v) is 21.6. The maximum absolute atomic E-state index is 13.7. The van der Waals surface area contributed by atoms with Gasteiger partial charge in [0.05, 0.1) is 19.3 Å². The maximum Gasteiger partial charge on any atom is 0.332 e.